The third-order valence-corrected chi connectivity index (χ3v) is 8.25. The Morgan fingerprint density at radius 1 is 1.10 bits per heavy atom. The lowest BCUT2D eigenvalue weighted by atomic mass is 9.48. The van der Waals surface area contributed by atoms with Gasteiger partial charge in [0, 0.05) is 47.3 Å². The van der Waals surface area contributed by atoms with E-state index in [-0.39, 0.29) is 6.04 Å². The third-order valence-electron chi connectivity index (χ3n) is 8.25. The topological polar surface area (TPSA) is 61.2 Å². The molecule has 2 aliphatic heterocycles. The zero-order chi connectivity index (χ0) is 20.0. The van der Waals surface area contributed by atoms with Gasteiger partial charge in [0.05, 0.1) is 23.6 Å². The van der Waals surface area contributed by atoms with Crippen molar-refractivity contribution in [2.24, 2.45) is 11.7 Å². The average Bonchev–Trinajstić information content (AvgIpc) is 3.02. The molecule has 3 aromatic rings. The maximum absolute atomic E-state index is 5.98. The molecule has 0 radical (unpaired) electrons. The molecule has 4 fully saturated rings. The Hall–Kier alpha value is -2.37. The minimum atomic E-state index is 0.213. The van der Waals surface area contributed by atoms with Crippen LogP contribution >= 0.6 is 0 Å². The first-order valence-corrected chi connectivity index (χ1v) is 11.5. The number of pyridine rings is 1. The van der Waals surface area contributed by atoms with Crippen LogP contribution in [0.2, 0.25) is 0 Å². The summed E-state index contributed by atoms with van der Waals surface area (Å²) in [5.74, 6) is 0.966. The molecule has 30 heavy (non-hydrogen) atoms. The molecule has 3 N–H and O–H groups in total. The molecular weight excluding hydrogens is 370 g/mol. The number of benzene rings is 1. The molecule has 4 heterocycles. The monoisotopic (exact) mass is 399 g/mol. The van der Waals surface area contributed by atoms with E-state index in [1.807, 2.05) is 0 Å². The normalized spacial score (nSPS) is 33.0. The fourth-order valence-corrected chi connectivity index (χ4v) is 6.71. The van der Waals surface area contributed by atoms with Crippen molar-refractivity contribution >= 4 is 16.6 Å². The summed E-state index contributed by atoms with van der Waals surface area (Å²) in [7, 11) is 0. The predicted molar refractivity (Wildman–Crippen MR) is 120 cm³/mol. The van der Waals surface area contributed by atoms with Crippen LogP contribution in [-0.4, -0.2) is 45.6 Å². The summed E-state index contributed by atoms with van der Waals surface area (Å²) in [5, 5.41) is 1.38. The van der Waals surface area contributed by atoms with Crippen LogP contribution in [0.15, 0.2) is 42.6 Å². The second-order valence-electron chi connectivity index (χ2n) is 10.2. The lowest BCUT2D eigenvalue weighted by molar-refractivity contribution is -0.174. The Morgan fingerprint density at radius 3 is 2.57 bits per heavy atom. The molecule has 3 aliphatic carbocycles. The van der Waals surface area contributed by atoms with Gasteiger partial charge in [-0.3, -0.25) is 9.88 Å². The van der Waals surface area contributed by atoms with Gasteiger partial charge in [0.25, 0.3) is 0 Å². The van der Waals surface area contributed by atoms with Crippen LogP contribution in [0.25, 0.3) is 10.9 Å². The van der Waals surface area contributed by atoms with E-state index in [4.69, 9.17) is 10.7 Å². The molecule has 1 aromatic carbocycles. The first-order chi connectivity index (χ1) is 14.6. The van der Waals surface area contributed by atoms with Crippen LogP contribution in [0.4, 0.5) is 5.69 Å². The molecule has 5 nitrogen and oxygen atoms in total. The van der Waals surface area contributed by atoms with Crippen LogP contribution in [0, 0.1) is 5.92 Å². The molecule has 2 atom stereocenters. The van der Waals surface area contributed by atoms with Gasteiger partial charge in [-0.05, 0) is 62.3 Å². The van der Waals surface area contributed by atoms with E-state index in [1.54, 1.807) is 0 Å². The number of H-pyrrole nitrogens is 1. The zero-order valence-electron chi connectivity index (χ0n) is 17.5. The lowest BCUT2D eigenvalue weighted by Gasteiger charge is -2.69. The first kappa shape index (κ1) is 17.3. The molecule has 2 bridgehead atoms. The molecule has 5 aliphatic rings. The van der Waals surface area contributed by atoms with E-state index >= 15 is 0 Å². The van der Waals surface area contributed by atoms with Crippen molar-refractivity contribution in [1.82, 2.24) is 14.9 Å². The van der Waals surface area contributed by atoms with Crippen molar-refractivity contribution in [2.45, 2.75) is 56.3 Å². The highest BCUT2D eigenvalue weighted by Gasteiger charge is 2.63. The highest BCUT2D eigenvalue weighted by atomic mass is 15.3. The molecule has 0 unspecified atom stereocenters. The number of nitrogens with two attached hydrogens (primary N) is 1. The van der Waals surface area contributed by atoms with E-state index in [0.29, 0.717) is 17.6 Å². The van der Waals surface area contributed by atoms with Gasteiger partial charge >= 0.3 is 0 Å². The number of nitrogens with one attached hydrogen (secondary N) is 1. The Balaban J connectivity index is 1.34. The highest BCUT2D eigenvalue weighted by molar-refractivity contribution is 5.85. The Labute approximate surface area is 177 Å². The van der Waals surface area contributed by atoms with E-state index in [0.717, 1.165) is 25.4 Å². The molecule has 8 rings (SSSR count). The van der Waals surface area contributed by atoms with Gasteiger partial charge in [-0.25, -0.2) is 0 Å². The van der Waals surface area contributed by atoms with Gasteiger partial charge in [-0.15, -0.1) is 0 Å². The fourth-order valence-electron chi connectivity index (χ4n) is 6.71. The van der Waals surface area contributed by atoms with Crippen molar-refractivity contribution < 1.29 is 0 Å². The summed E-state index contributed by atoms with van der Waals surface area (Å²) in [4.78, 5) is 14.0. The maximum Gasteiger partial charge on any atom is 0.0937 e. The van der Waals surface area contributed by atoms with Gasteiger partial charge in [0.15, 0.2) is 0 Å². The van der Waals surface area contributed by atoms with E-state index in [2.05, 4.69) is 64.3 Å². The number of hydrogen-bond acceptors (Lipinski definition) is 4. The van der Waals surface area contributed by atoms with E-state index < -0.39 is 0 Å². The van der Waals surface area contributed by atoms with E-state index in [9.17, 15) is 0 Å². The standard InChI is InChI=1S/C25H29N5/c1-15-8-20-19-4-2-3-5-21(19)28-23(20)24(30(15)25-9-16(10-25)11-25)22-7-6-18(12-27-22)29-13-17(26)14-29/h2-7,12,15-17,24,28H,8-11,13-14,26H2,1H3/t15-,16?,24-,25?/m1/s1. The van der Waals surface area contributed by atoms with Crippen LogP contribution < -0.4 is 10.6 Å². The minimum Gasteiger partial charge on any atom is -0.367 e. The summed E-state index contributed by atoms with van der Waals surface area (Å²) in [6, 6.07) is 14.3. The van der Waals surface area contributed by atoms with Crippen LogP contribution in [0.5, 0.6) is 0 Å². The Morgan fingerprint density at radius 2 is 1.90 bits per heavy atom. The molecule has 1 saturated heterocycles. The van der Waals surface area contributed by atoms with Crippen molar-refractivity contribution in [1.29, 1.82) is 0 Å². The summed E-state index contributed by atoms with van der Waals surface area (Å²) in [6.45, 7) is 4.29. The summed E-state index contributed by atoms with van der Waals surface area (Å²) in [6.07, 6.45) is 7.28. The van der Waals surface area contributed by atoms with Crippen LogP contribution in [-0.2, 0) is 6.42 Å². The number of anilines is 1. The molecule has 154 valence electrons. The maximum atomic E-state index is 5.98. The van der Waals surface area contributed by atoms with Gasteiger partial charge in [0.2, 0.25) is 0 Å². The summed E-state index contributed by atoms with van der Waals surface area (Å²) in [5.41, 5.74) is 12.9. The second-order valence-corrected chi connectivity index (χ2v) is 10.2. The minimum absolute atomic E-state index is 0.213. The zero-order valence-corrected chi connectivity index (χ0v) is 17.5. The molecule has 3 saturated carbocycles. The van der Waals surface area contributed by atoms with Crippen LogP contribution in [0.3, 0.4) is 0 Å². The van der Waals surface area contributed by atoms with E-state index in [1.165, 1.54) is 52.8 Å². The lowest BCUT2D eigenvalue weighted by Crippen LogP contribution is -2.71. The number of hydrogen-bond donors (Lipinski definition) is 2. The van der Waals surface area contributed by atoms with Gasteiger partial charge in [-0.1, -0.05) is 18.2 Å². The van der Waals surface area contributed by atoms with Crippen molar-refractivity contribution in [3.05, 3.63) is 59.5 Å². The molecule has 5 heteroatoms. The Bertz CT molecular complexity index is 1110. The fraction of sp³-hybridized carbons (Fsp3) is 0.480. The number of para-hydroxylation sites is 1. The quantitative estimate of drug-likeness (QED) is 0.706. The molecule has 0 spiro atoms. The Kier molecular flexibility index (Phi) is 3.38. The first-order valence-electron chi connectivity index (χ1n) is 11.5. The largest absolute Gasteiger partial charge is 0.367 e. The SMILES string of the molecule is C[C@@H]1Cc2c([nH]c3ccccc23)[C@@H](c2ccc(N3CC(N)C3)cn2)N1C12CC(C1)C2. The molecule has 0 amide bonds. The number of aromatic nitrogens is 2. The van der Waals surface area contributed by atoms with Gasteiger partial charge < -0.3 is 15.6 Å². The second kappa shape index (κ2) is 5.86. The highest BCUT2D eigenvalue weighted by Crippen LogP contribution is 2.64. The van der Waals surface area contributed by atoms with Crippen molar-refractivity contribution in [2.75, 3.05) is 18.0 Å². The number of fused-ring (bicyclic) bond motifs is 3. The number of aromatic amines is 1. The van der Waals surface area contributed by atoms with Gasteiger partial charge in [0.1, 0.15) is 0 Å². The predicted octanol–water partition coefficient (Wildman–Crippen LogP) is 3.60. The van der Waals surface area contributed by atoms with Crippen molar-refractivity contribution in [3.8, 4) is 0 Å². The molecular formula is C25H29N5. The number of nitrogens with zero attached hydrogens (tertiary/aromatic N) is 3. The third kappa shape index (κ3) is 2.22. The van der Waals surface area contributed by atoms with Crippen LogP contribution in [0.1, 0.15) is 49.2 Å². The average molecular weight is 400 g/mol. The van der Waals surface area contributed by atoms with Crippen molar-refractivity contribution in [3.63, 3.8) is 0 Å². The summed E-state index contributed by atoms with van der Waals surface area (Å²) < 4.78 is 0. The summed E-state index contributed by atoms with van der Waals surface area (Å²) >= 11 is 0. The molecule has 2 aromatic heterocycles. The smallest absolute Gasteiger partial charge is 0.0937 e. The van der Waals surface area contributed by atoms with Gasteiger partial charge in [-0.2, -0.15) is 0 Å². The number of rotatable bonds is 3.